The summed E-state index contributed by atoms with van der Waals surface area (Å²) in [5, 5.41) is 2.80. The first-order valence-corrected chi connectivity index (χ1v) is 8.00. The van der Waals surface area contributed by atoms with Gasteiger partial charge in [-0.25, -0.2) is 4.98 Å². The zero-order valence-corrected chi connectivity index (χ0v) is 14.2. The van der Waals surface area contributed by atoms with Gasteiger partial charge in [0.25, 0.3) is 5.91 Å². The van der Waals surface area contributed by atoms with Gasteiger partial charge in [0, 0.05) is 27.1 Å². The Hall–Kier alpha value is -3.09. The average molecular weight is 340 g/mol. The van der Waals surface area contributed by atoms with E-state index in [1.165, 1.54) is 0 Å². The predicted molar refractivity (Wildman–Crippen MR) is 96.1 cm³/mol. The Kier molecular flexibility index (Phi) is 4.83. The molecule has 0 aliphatic carbocycles. The van der Waals surface area contributed by atoms with Gasteiger partial charge in [-0.05, 0) is 24.3 Å². The van der Waals surface area contributed by atoms with E-state index in [2.05, 4.69) is 10.3 Å². The van der Waals surface area contributed by atoms with E-state index in [4.69, 9.17) is 4.74 Å². The number of anilines is 3. The van der Waals surface area contributed by atoms with Gasteiger partial charge < -0.3 is 19.9 Å². The van der Waals surface area contributed by atoms with E-state index in [1.54, 1.807) is 17.2 Å². The second-order valence-electron chi connectivity index (χ2n) is 5.90. The van der Waals surface area contributed by atoms with Crippen molar-refractivity contribution in [3.05, 3.63) is 42.6 Å². The Morgan fingerprint density at radius 1 is 1.28 bits per heavy atom. The second kappa shape index (κ2) is 7.21. The maximum absolute atomic E-state index is 12.2. The molecule has 130 valence electrons. The SMILES string of the molecule is CN(C)c1ccc(NC(=O)CCN2C(=O)COc3ccccc32)cn1. The van der Waals surface area contributed by atoms with Gasteiger partial charge in [0.15, 0.2) is 6.61 Å². The molecule has 25 heavy (non-hydrogen) atoms. The Morgan fingerprint density at radius 3 is 2.80 bits per heavy atom. The molecule has 1 aliphatic heterocycles. The maximum atomic E-state index is 12.2. The molecular weight excluding hydrogens is 320 g/mol. The molecule has 0 unspecified atom stereocenters. The number of rotatable bonds is 5. The highest BCUT2D eigenvalue weighted by atomic mass is 16.5. The minimum absolute atomic E-state index is 0.00541. The zero-order valence-electron chi connectivity index (χ0n) is 14.2. The fourth-order valence-electron chi connectivity index (χ4n) is 2.56. The Balaban J connectivity index is 1.60. The lowest BCUT2D eigenvalue weighted by molar-refractivity contribution is -0.121. The van der Waals surface area contributed by atoms with Crippen LogP contribution in [0.3, 0.4) is 0 Å². The van der Waals surface area contributed by atoms with Gasteiger partial charge in [-0.2, -0.15) is 0 Å². The molecule has 2 heterocycles. The van der Waals surface area contributed by atoms with Crippen LogP contribution in [0, 0.1) is 0 Å². The Morgan fingerprint density at radius 2 is 2.08 bits per heavy atom. The first kappa shape index (κ1) is 16.8. The summed E-state index contributed by atoms with van der Waals surface area (Å²) in [6, 6.07) is 10.9. The molecule has 0 atom stereocenters. The van der Waals surface area contributed by atoms with Crippen LogP contribution in [0.5, 0.6) is 5.75 Å². The molecule has 7 nitrogen and oxygen atoms in total. The summed E-state index contributed by atoms with van der Waals surface area (Å²) in [5.74, 6) is 1.15. The van der Waals surface area contributed by atoms with Crippen molar-refractivity contribution in [2.24, 2.45) is 0 Å². The molecule has 1 aromatic carbocycles. The quantitative estimate of drug-likeness (QED) is 0.900. The molecule has 0 saturated heterocycles. The largest absolute Gasteiger partial charge is 0.482 e. The summed E-state index contributed by atoms with van der Waals surface area (Å²) >= 11 is 0. The van der Waals surface area contributed by atoms with Crippen LogP contribution in [0.2, 0.25) is 0 Å². The van der Waals surface area contributed by atoms with E-state index in [1.807, 2.05) is 49.3 Å². The summed E-state index contributed by atoms with van der Waals surface area (Å²) in [5.41, 5.74) is 1.33. The fraction of sp³-hybridized carbons (Fsp3) is 0.278. The summed E-state index contributed by atoms with van der Waals surface area (Å²) in [7, 11) is 3.80. The summed E-state index contributed by atoms with van der Waals surface area (Å²) in [4.78, 5) is 32.0. The number of para-hydroxylation sites is 2. The molecule has 0 radical (unpaired) electrons. The number of benzene rings is 1. The number of hydrogen-bond acceptors (Lipinski definition) is 5. The number of nitrogens with zero attached hydrogens (tertiary/aromatic N) is 3. The molecule has 0 saturated carbocycles. The van der Waals surface area contributed by atoms with Gasteiger partial charge in [-0.1, -0.05) is 12.1 Å². The van der Waals surface area contributed by atoms with E-state index in [-0.39, 0.29) is 24.8 Å². The van der Waals surface area contributed by atoms with Crippen molar-refractivity contribution in [2.75, 3.05) is 42.4 Å². The molecule has 1 aromatic heterocycles. The number of nitrogens with one attached hydrogen (secondary N) is 1. The van der Waals surface area contributed by atoms with Crippen molar-refractivity contribution in [1.29, 1.82) is 0 Å². The number of carbonyl (C=O) groups excluding carboxylic acids is 2. The Labute approximate surface area is 146 Å². The minimum atomic E-state index is -0.170. The third kappa shape index (κ3) is 3.88. The summed E-state index contributed by atoms with van der Waals surface area (Å²) in [6.45, 7) is 0.294. The standard InChI is InChI=1S/C18H20N4O3/c1-21(2)16-8-7-13(11-19-16)20-17(23)9-10-22-14-5-3-4-6-15(14)25-12-18(22)24/h3-8,11H,9-10,12H2,1-2H3,(H,20,23). The normalized spacial score (nSPS) is 13.0. The van der Waals surface area contributed by atoms with Crippen molar-refractivity contribution >= 4 is 29.0 Å². The number of ether oxygens (including phenoxy) is 1. The van der Waals surface area contributed by atoms with Crippen LogP contribution in [0.1, 0.15) is 6.42 Å². The lowest BCUT2D eigenvalue weighted by Crippen LogP contribution is -2.40. The second-order valence-corrected chi connectivity index (χ2v) is 5.90. The highest BCUT2D eigenvalue weighted by Gasteiger charge is 2.25. The molecule has 1 N–H and O–H groups in total. The van der Waals surface area contributed by atoms with Crippen molar-refractivity contribution in [1.82, 2.24) is 4.98 Å². The fourth-order valence-corrected chi connectivity index (χ4v) is 2.56. The monoisotopic (exact) mass is 340 g/mol. The van der Waals surface area contributed by atoms with Crippen molar-refractivity contribution in [3.63, 3.8) is 0 Å². The van der Waals surface area contributed by atoms with E-state index < -0.39 is 0 Å². The van der Waals surface area contributed by atoms with E-state index in [0.717, 1.165) is 5.82 Å². The number of pyridine rings is 1. The van der Waals surface area contributed by atoms with Crippen LogP contribution in [-0.4, -0.2) is 44.0 Å². The molecule has 2 aromatic rings. The lowest BCUT2D eigenvalue weighted by Gasteiger charge is -2.29. The van der Waals surface area contributed by atoms with Gasteiger partial charge in [0.05, 0.1) is 17.6 Å². The van der Waals surface area contributed by atoms with Gasteiger partial charge in [0.1, 0.15) is 11.6 Å². The average Bonchev–Trinajstić information content (AvgIpc) is 2.61. The Bertz CT molecular complexity index is 774. The number of amides is 2. The van der Waals surface area contributed by atoms with Gasteiger partial charge >= 0.3 is 0 Å². The van der Waals surface area contributed by atoms with Crippen LogP contribution >= 0.6 is 0 Å². The van der Waals surface area contributed by atoms with Crippen molar-refractivity contribution in [2.45, 2.75) is 6.42 Å². The number of carbonyl (C=O) groups is 2. The van der Waals surface area contributed by atoms with Crippen LogP contribution < -0.4 is 19.9 Å². The molecule has 0 bridgehead atoms. The van der Waals surface area contributed by atoms with Crippen LogP contribution in [-0.2, 0) is 9.59 Å². The van der Waals surface area contributed by atoms with Crippen molar-refractivity contribution in [3.8, 4) is 5.75 Å². The van der Waals surface area contributed by atoms with Crippen molar-refractivity contribution < 1.29 is 14.3 Å². The number of fused-ring (bicyclic) bond motifs is 1. The third-order valence-electron chi connectivity index (χ3n) is 3.86. The molecular formula is C18H20N4O3. The van der Waals surface area contributed by atoms with Gasteiger partial charge in [0.2, 0.25) is 5.91 Å². The van der Waals surface area contributed by atoms with Gasteiger partial charge in [-0.3, -0.25) is 9.59 Å². The molecule has 0 spiro atoms. The first-order chi connectivity index (χ1) is 12.0. The highest BCUT2D eigenvalue weighted by molar-refractivity contribution is 5.99. The molecule has 0 fully saturated rings. The van der Waals surface area contributed by atoms with Gasteiger partial charge in [-0.15, -0.1) is 0 Å². The molecule has 7 heteroatoms. The summed E-state index contributed by atoms with van der Waals surface area (Å²) < 4.78 is 5.39. The number of hydrogen-bond donors (Lipinski definition) is 1. The van der Waals surface area contributed by atoms with Crippen LogP contribution in [0.4, 0.5) is 17.2 Å². The highest BCUT2D eigenvalue weighted by Crippen LogP contribution is 2.31. The minimum Gasteiger partial charge on any atom is -0.482 e. The smallest absolute Gasteiger partial charge is 0.265 e. The first-order valence-electron chi connectivity index (χ1n) is 8.00. The van der Waals surface area contributed by atoms with E-state index >= 15 is 0 Å². The zero-order chi connectivity index (χ0) is 17.8. The third-order valence-corrected chi connectivity index (χ3v) is 3.86. The summed E-state index contributed by atoms with van der Waals surface area (Å²) in [6.07, 6.45) is 1.80. The topological polar surface area (TPSA) is 74.8 Å². The van der Waals surface area contributed by atoms with E-state index in [0.29, 0.717) is 23.7 Å². The lowest BCUT2D eigenvalue weighted by atomic mass is 10.2. The van der Waals surface area contributed by atoms with Crippen LogP contribution in [0.15, 0.2) is 42.6 Å². The maximum Gasteiger partial charge on any atom is 0.265 e. The number of aromatic nitrogens is 1. The molecule has 2 amide bonds. The van der Waals surface area contributed by atoms with Crippen LogP contribution in [0.25, 0.3) is 0 Å². The van der Waals surface area contributed by atoms with E-state index in [9.17, 15) is 9.59 Å². The molecule has 1 aliphatic rings. The predicted octanol–water partition coefficient (Wildman–Crippen LogP) is 1.90. The molecule has 3 rings (SSSR count).